The van der Waals surface area contributed by atoms with E-state index in [1.54, 1.807) is 0 Å². The van der Waals surface area contributed by atoms with Crippen molar-refractivity contribution in [3.05, 3.63) is 188 Å². The fourth-order valence-electron chi connectivity index (χ4n) is 8.52. The molecule has 0 atom stereocenters. The SMILES string of the molecule is c1ccc(-c2ccc3cc(-c4nc(-c5ccccc5)nc(-c5cc6ccc(-c7ccccc7)cc6c6sc7ccccc7c56)n4)c4c5ccccc5sc4c3c2)cc1. The number of nitrogens with zero attached hydrogens (tertiary/aromatic N) is 3. The molecule has 0 aliphatic heterocycles. The Labute approximate surface area is 342 Å². The highest BCUT2D eigenvalue weighted by molar-refractivity contribution is 7.27. The van der Waals surface area contributed by atoms with Crippen molar-refractivity contribution in [1.82, 2.24) is 15.0 Å². The van der Waals surface area contributed by atoms with Crippen LogP contribution in [0, 0.1) is 0 Å². The van der Waals surface area contributed by atoms with Gasteiger partial charge in [-0.1, -0.05) is 152 Å². The second-order valence-corrected chi connectivity index (χ2v) is 16.8. The lowest BCUT2D eigenvalue weighted by atomic mass is 9.96. The Kier molecular flexibility index (Phi) is 7.58. The van der Waals surface area contributed by atoms with Gasteiger partial charge in [0.15, 0.2) is 17.5 Å². The van der Waals surface area contributed by atoms with Gasteiger partial charge in [-0.15, -0.1) is 22.7 Å². The number of hydrogen-bond donors (Lipinski definition) is 0. The van der Waals surface area contributed by atoms with Crippen LogP contribution >= 0.6 is 22.7 Å². The third kappa shape index (κ3) is 5.36. The Bertz CT molecular complexity index is 3340. The summed E-state index contributed by atoms with van der Waals surface area (Å²) in [7, 11) is 0. The molecule has 0 radical (unpaired) electrons. The van der Waals surface area contributed by atoms with Crippen molar-refractivity contribution >= 4 is 84.6 Å². The third-order valence-corrected chi connectivity index (χ3v) is 13.7. The monoisotopic (exact) mass is 773 g/mol. The quantitative estimate of drug-likeness (QED) is 0.175. The molecular formula is C53H31N3S2. The van der Waals surface area contributed by atoms with Gasteiger partial charge in [0.25, 0.3) is 0 Å². The van der Waals surface area contributed by atoms with Crippen molar-refractivity contribution in [2.45, 2.75) is 0 Å². The van der Waals surface area contributed by atoms with Gasteiger partial charge >= 0.3 is 0 Å². The Morgan fingerprint density at radius 2 is 0.690 bits per heavy atom. The summed E-state index contributed by atoms with van der Waals surface area (Å²) in [6, 6.07) is 67.2. The van der Waals surface area contributed by atoms with Crippen LogP contribution in [0.25, 0.3) is 118 Å². The highest BCUT2D eigenvalue weighted by Gasteiger charge is 2.22. The van der Waals surface area contributed by atoms with Crippen LogP contribution in [0.3, 0.4) is 0 Å². The van der Waals surface area contributed by atoms with E-state index in [1.165, 1.54) is 73.4 Å². The summed E-state index contributed by atoms with van der Waals surface area (Å²) in [5, 5.41) is 9.54. The zero-order chi connectivity index (χ0) is 38.2. The third-order valence-electron chi connectivity index (χ3n) is 11.3. The summed E-state index contributed by atoms with van der Waals surface area (Å²) in [5.41, 5.74) is 7.78. The van der Waals surface area contributed by atoms with Gasteiger partial charge in [0.05, 0.1) is 0 Å². The van der Waals surface area contributed by atoms with E-state index >= 15 is 0 Å². The van der Waals surface area contributed by atoms with Crippen molar-refractivity contribution in [3.63, 3.8) is 0 Å². The van der Waals surface area contributed by atoms with Gasteiger partial charge < -0.3 is 0 Å². The molecule has 3 nitrogen and oxygen atoms in total. The van der Waals surface area contributed by atoms with Gasteiger partial charge in [-0.3, -0.25) is 0 Å². The van der Waals surface area contributed by atoms with E-state index in [0.717, 1.165) is 27.5 Å². The molecule has 270 valence electrons. The summed E-state index contributed by atoms with van der Waals surface area (Å²) in [5.74, 6) is 1.98. The lowest BCUT2D eigenvalue weighted by Crippen LogP contribution is -2.01. The minimum absolute atomic E-state index is 0.653. The zero-order valence-electron chi connectivity index (χ0n) is 31.1. The maximum atomic E-state index is 5.50. The molecule has 0 aliphatic rings. The molecule has 0 fully saturated rings. The Morgan fingerprint density at radius 1 is 0.293 bits per heavy atom. The lowest BCUT2D eigenvalue weighted by molar-refractivity contribution is 1.08. The average molecular weight is 774 g/mol. The van der Waals surface area contributed by atoms with Gasteiger partial charge in [-0.05, 0) is 69.4 Å². The summed E-state index contributed by atoms with van der Waals surface area (Å²) in [6.45, 7) is 0. The highest BCUT2D eigenvalue weighted by Crippen LogP contribution is 2.47. The first-order chi connectivity index (χ1) is 28.7. The maximum absolute atomic E-state index is 5.50. The first kappa shape index (κ1) is 33.1. The molecule has 12 rings (SSSR count). The summed E-state index contributed by atoms with van der Waals surface area (Å²) < 4.78 is 4.95. The van der Waals surface area contributed by atoms with Crippen LogP contribution in [0.2, 0.25) is 0 Å². The predicted molar refractivity (Wildman–Crippen MR) is 248 cm³/mol. The van der Waals surface area contributed by atoms with Gasteiger partial charge in [0, 0.05) is 67.8 Å². The van der Waals surface area contributed by atoms with Gasteiger partial charge in [-0.25, -0.2) is 15.0 Å². The van der Waals surface area contributed by atoms with E-state index in [1.807, 2.05) is 40.9 Å². The lowest BCUT2D eigenvalue weighted by Gasteiger charge is -2.13. The van der Waals surface area contributed by atoms with Crippen LogP contribution < -0.4 is 0 Å². The molecule has 3 aromatic heterocycles. The van der Waals surface area contributed by atoms with Crippen molar-refractivity contribution in [1.29, 1.82) is 0 Å². The second kappa shape index (κ2) is 13.3. The molecule has 0 spiro atoms. The molecule has 5 heteroatoms. The topological polar surface area (TPSA) is 38.7 Å². The standard InChI is InChI=1S/C53H31N3S2/c1-4-14-32(15-5-1)35-24-26-37-30-43(47-39-20-10-12-22-45(39)57-49(47)41(37)28-35)52-54-51(34-18-8-3-9-19-34)55-53(56-52)44-31-38-27-25-36(33-16-6-2-7-17-33)29-42(38)50-48(44)40-21-11-13-23-46(40)58-50/h1-31H. The Balaban J connectivity index is 1.16. The molecule has 3 heterocycles. The number of thiophene rings is 2. The van der Waals surface area contributed by atoms with E-state index in [-0.39, 0.29) is 0 Å². The molecule has 0 saturated heterocycles. The molecule has 0 amide bonds. The van der Waals surface area contributed by atoms with Crippen molar-refractivity contribution < 1.29 is 0 Å². The second-order valence-electron chi connectivity index (χ2n) is 14.7. The van der Waals surface area contributed by atoms with Crippen LogP contribution in [0.1, 0.15) is 0 Å². The minimum atomic E-state index is 0.653. The molecule has 58 heavy (non-hydrogen) atoms. The summed E-state index contributed by atoms with van der Waals surface area (Å²) in [6.07, 6.45) is 0. The van der Waals surface area contributed by atoms with Crippen LogP contribution in [-0.4, -0.2) is 15.0 Å². The molecule has 12 aromatic rings. The summed E-state index contributed by atoms with van der Waals surface area (Å²) in [4.78, 5) is 16.2. The normalized spacial score (nSPS) is 11.8. The average Bonchev–Trinajstić information content (AvgIpc) is 3.89. The van der Waals surface area contributed by atoms with Gasteiger partial charge in [0.1, 0.15) is 0 Å². The molecular weight excluding hydrogens is 743 g/mol. The number of aromatic nitrogens is 3. The van der Waals surface area contributed by atoms with E-state index in [2.05, 4.69) is 170 Å². The maximum Gasteiger partial charge on any atom is 0.164 e. The van der Waals surface area contributed by atoms with E-state index in [4.69, 9.17) is 15.0 Å². The van der Waals surface area contributed by atoms with Crippen molar-refractivity contribution in [2.24, 2.45) is 0 Å². The van der Waals surface area contributed by atoms with Gasteiger partial charge in [0.2, 0.25) is 0 Å². The van der Waals surface area contributed by atoms with E-state index in [9.17, 15) is 0 Å². The minimum Gasteiger partial charge on any atom is -0.208 e. The van der Waals surface area contributed by atoms with Crippen molar-refractivity contribution in [2.75, 3.05) is 0 Å². The van der Waals surface area contributed by atoms with E-state index < -0.39 is 0 Å². The largest absolute Gasteiger partial charge is 0.208 e. The predicted octanol–water partition coefficient (Wildman–Crippen LogP) is 15.2. The van der Waals surface area contributed by atoms with Crippen LogP contribution in [0.5, 0.6) is 0 Å². The van der Waals surface area contributed by atoms with Crippen LogP contribution in [0.15, 0.2) is 188 Å². The Morgan fingerprint density at radius 3 is 1.16 bits per heavy atom. The molecule has 0 bridgehead atoms. The molecule has 0 N–H and O–H groups in total. The number of rotatable bonds is 5. The zero-order valence-corrected chi connectivity index (χ0v) is 32.7. The first-order valence-corrected chi connectivity index (χ1v) is 21.1. The fourth-order valence-corrected chi connectivity index (χ4v) is 11.0. The van der Waals surface area contributed by atoms with Crippen LogP contribution in [0.4, 0.5) is 0 Å². The molecule has 0 saturated carbocycles. The number of hydrogen-bond acceptors (Lipinski definition) is 5. The van der Waals surface area contributed by atoms with Crippen LogP contribution in [-0.2, 0) is 0 Å². The van der Waals surface area contributed by atoms with E-state index in [0.29, 0.717) is 17.5 Å². The number of benzene rings is 9. The first-order valence-electron chi connectivity index (χ1n) is 19.4. The van der Waals surface area contributed by atoms with Crippen molar-refractivity contribution in [3.8, 4) is 56.4 Å². The highest BCUT2D eigenvalue weighted by atomic mass is 32.1. The van der Waals surface area contributed by atoms with Gasteiger partial charge in [-0.2, -0.15) is 0 Å². The number of fused-ring (bicyclic) bond motifs is 10. The fraction of sp³-hybridized carbons (Fsp3) is 0. The Hall–Kier alpha value is -7.05. The molecule has 0 aliphatic carbocycles. The molecule has 9 aromatic carbocycles. The summed E-state index contributed by atoms with van der Waals surface area (Å²) >= 11 is 3.68. The molecule has 0 unspecified atom stereocenters. The smallest absolute Gasteiger partial charge is 0.164 e.